The number of hydrogen-bond donors (Lipinski definition) is 0. The van der Waals surface area contributed by atoms with Crippen LogP contribution >= 0.6 is 0 Å². The first-order valence-corrected chi connectivity index (χ1v) is 7.39. The smallest absolute Gasteiger partial charge is 0.223 e. The Morgan fingerprint density at radius 1 is 1.22 bits per heavy atom. The first-order chi connectivity index (χ1) is 8.48. The van der Waals surface area contributed by atoms with E-state index in [-0.39, 0.29) is 0 Å². The molecule has 18 heavy (non-hydrogen) atoms. The van der Waals surface area contributed by atoms with E-state index >= 15 is 0 Å². The zero-order valence-corrected chi connectivity index (χ0v) is 11.4. The summed E-state index contributed by atoms with van der Waals surface area (Å²) in [5.74, 6) is 0. The van der Waals surface area contributed by atoms with Gasteiger partial charge in [0, 0.05) is 0 Å². The Kier molecular flexibility index (Phi) is 5.25. The maximum Gasteiger partial charge on any atom is 0.234 e. The zero-order valence-electron chi connectivity index (χ0n) is 10.6. The molecule has 98 valence electrons. The van der Waals surface area contributed by atoms with Crippen LogP contribution in [-0.2, 0) is 21.1 Å². The summed E-state index contributed by atoms with van der Waals surface area (Å²) in [6, 6.07) is 6.88. The maximum atomic E-state index is 11.9. The summed E-state index contributed by atoms with van der Waals surface area (Å²) in [7, 11) is -3.19. The number of aliphatic imine (C=N–C) groups is 1. The van der Waals surface area contributed by atoms with Gasteiger partial charge in [-0.3, -0.25) is 0 Å². The molecule has 0 aromatic heterocycles. The predicted molar refractivity (Wildman–Crippen MR) is 70.1 cm³/mol. The minimum atomic E-state index is -3.19. The number of rotatable bonds is 6. The van der Waals surface area contributed by atoms with E-state index < -0.39 is 15.1 Å². The normalized spacial score (nSPS) is 11.3. The van der Waals surface area contributed by atoms with E-state index in [0.29, 0.717) is 11.4 Å². The average molecular weight is 267 g/mol. The molecule has 0 atom stereocenters. The van der Waals surface area contributed by atoms with Crippen molar-refractivity contribution in [3.05, 3.63) is 29.8 Å². The van der Waals surface area contributed by atoms with Gasteiger partial charge in [-0.15, -0.1) is 0 Å². The van der Waals surface area contributed by atoms with Crippen molar-refractivity contribution in [1.29, 1.82) is 0 Å². The lowest BCUT2D eigenvalue weighted by Gasteiger charge is -2.08. The number of isocyanates is 1. The third-order valence-electron chi connectivity index (χ3n) is 2.67. The van der Waals surface area contributed by atoms with E-state index in [1.165, 1.54) is 6.08 Å². The zero-order chi connectivity index (χ0) is 13.6. The summed E-state index contributed by atoms with van der Waals surface area (Å²) in [5, 5.41) is -0.412. The Labute approximate surface area is 108 Å². The Hall–Kier alpha value is -1.45. The molecular formula is C13H17NO3S. The number of hydrogen-bond acceptors (Lipinski definition) is 4. The van der Waals surface area contributed by atoms with E-state index in [2.05, 4.69) is 4.99 Å². The van der Waals surface area contributed by atoms with Crippen LogP contribution in [0.2, 0.25) is 0 Å². The van der Waals surface area contributed by atoms with Gasteiger partial charge in [-0.25, -0.2) is 18.2 Å². The molecule has 0 saturated carbocycles. The Morgan fingerprint density at radius 2 is 1.83 bits per heavy atom. The van der Waals surface area contributed by atoms with Gasteiger partial charge < -0.3 is 0 Å². The number of sulfone groups is 1. The molecule has 0 fully saturated rings. The summed E-state index contributed by atoms with van der Waals surface area (Å²) in [5.41, 5.74) is 1.04. The third-order valence-corrected chi connectivity index (χ3v) is 4.84. The molecule has 0 aliphatic heterocycles. The van der Waals surface area contributed by atoms with Crippen LogP contribution in [0.25, 0.3) is 0 Å². The largest absolute Gasteiger partial charge is 0.234 e. The van der Waals surface area contributed by atoms with E-state index in [1.54, 1.807) is 38.1 Å². The minimum absolute atomic E-state index is 0.354. The standard InChI is InChI=1S/C13H17NO3S/c1-11(2)18(16,17)13-7-5-12(6-8-13)4-3-9-14-10-15/h5-8,11H,3-4,9H2,1-2H3. The van der Waals surface area contributed by atoms with Gasteiger partial charge in [0.15, 0.2) is 9.84 Å². The molecule has 0 saturated heterocycles. The van der Waals surface area contributed by atoms with Gasteiger partial charge in [0.2, 0.25) is 6.08 Å². The van der Waals surface area contributed by atoms with Gasteiger partial charge in [-0.05, 0) is 44.4 Å². The number of carbonyl (C=O) groups excluding carboxylic acids is 1. The van der Waals surface area contributed by atoms with Crippen molar-refractivity contribution in [3.63, 3.8) is 0 Å². The molecule has 5 heteroatoms. The average Bonchev–Trinajstić information content (AvgIpc) is 2.35. The fraction of sp³-hybridized carbons (Fsp3) is 0.462. The molecule has 0 N–H and O–H groups in total. The topological polar surface area (TPSA) is 63.6 Å². The van der Waals surface area contributed by atoms with E-state index in [9.17, 15) is 13.2 Å². The maximum absolute atomic E-state index is 11.9. The molecule has 0 heterocycles. The molecular weight excluding hydrogens is 250 g/mol. The lowest BCUT2D eigenvalue weighted by atomic mass is 10.1. The molecule has 0 aliphatic carbocycles. The van der Waals surface area contributed by atoms with Gasteiger partial charge in [0.25, 0.3) is 0 Å². The number of nitrogens with zero attached hydrogens (tertiary/aromatic N) is 1. The Balaban J connectivity index is 2.72. The molecule has 0 radical (unpaired) electrons. The van der Waals surface area contributed by atoms with E-state index in [1.807, 2.05) is 0 Å². The monoisotopic (exact) mass is 267 g/mol. The van der Waals surface area contributed by atoms with Crippen LogP contribution in [0.1, 0.15) is 25.8 Å². The van der Waals surface area contributed by atoms with Gasteiger partial charge in [0.05, 0.1) is 16.7 Å². The van der Waals surface area contributed by atoms with E-state index in [0.717, 1.165) is 18.4 Å². The quantitative estimate of drug-likeness (QED) is 0.450. The lowest BCUT2D eigenvalue weighted by Crippen LogP contribution is -2.13. The highest BCUT2D eigenvalue weighted by Crippen LogP contribution is 2.17. The molecule has 0 bridgehead atoms. The van der Waals surface area contributed by atoms with Crippen molar-refractivity contribution in [2.75, 3.05) is 6.54 Å². The van der Waals surface area contributed by atoms with Crippen LogP contribution in [-0.4, -0.2) is 26.3 Å². The number of aryl methyl sites for hydroxylation is 1. The molecule has 0 aliphatic rings. The minimum Gasteiger partial charge on any atom is -0.223 e. The fourth-order valence-corrected chi connectivity index (χ4v) is 2.59. The van der Waals surface area contributed by atoms with Crippen molar-refractivity contribution in [1.82, 2.24) is 0 Å². The first-order valence-electron chi connectivity index (χ1n) is 5.85. The van der Waals surface area contributed by atoms with Crippen LogP contribution in [0.15, 0.2) is 34.2 Å². The molecule has 0 spiro atoms. The molecule has 0 amide bonds. The Bertz CT molecular complexity index is 526. The molecule has 1 aromatic rings. The van der Waals surface area contributed by atoms with Crippen LogP contribution in [0.5, 0.6) is 0 Å². The van der Waals surface area contributed by atoms with Crippen LogP contribution in [0, 0.1) is 0 Å². The van der Waals surface area contributed by atoms with Gasteiger partial charge in [0.1, 0.15) is 0 Å². The second-order valence-electron chi connectivity index (χ2n) is 4.31. The highest BCUT2D eigenvalue weighted by molar-refractivity contribution is 7.92. The summed E-state index contributed by atoms with van der Waals surface area (Å²) in [6.45, 7) is 3.79. The van der Waals surface area contributed by atoms with Crippen LogP contribution in [0.4, 0.5) is 0 Å². The van der Waals surface area contributed by atoms with Crippen LogP contribution in [0.3, 0.4) is 0 Å². The van der Waals surface area contributed by atoms with Crippen molar-refractivity contribution in [3.8, 4) is 0 Å². The summed E-state index contributed by atoms with van der Waals surface area (Å²) in [4.78, 5) is 13.7. The third kappa shape index (κ3) is 3.79. The Morgan fingerprint density at radius 3 is 2.33 bits per heavy atom. The summed E-state index contributed by atoms with van der Waals surface area (Å²) >= 11 is 0. The second-order valence-corrected chi connectivity index (χ2v) is 6.82. The number of benzene rings is 1. The fourth-order valence-electron chi connectivity index (χ4n) is 1.53. The molecule has 1 aromatic carbocycles. The van der Waals surface area contributed by atoms with Gasteiger partial charge in [-0.1, -0.05) is 12.1 Å². The highest BCUT2D eigenvalue weighted by Gasteiger charge is 2.18. The van der Waals surface area contributed by atoms with Crippen LogP contribution < -0.4 is 0 Å². The lowest BCUT2D eigenvalue weighted by molar-refractivity contribution is 0.562. The molecule has 1 rings (SSSR count). The van der Waals surface area contributed by atoms with Crippen molar-refractivity contribution < 1.29 is 13.2 Å². The highest BCUT2D eigenvalue weighted by atomic mass is 32.2. The first kappa shape index (κ1) is 14.6. The van der Waals surface area contributed by atoms with Crippen molar-refractivity contribution >= 4 is 15.9 Å². The molecule has 0 unspecified atom stereocenters. The predicted octanol–water partition coefficient (Wildman–Crippen LogP) is 2.14. The van der Waals surface area contributed by atoms with E-state index in [4.69, 9.17) is 0 Å². The van der Waals surface area contributed by atoms with Crippen molar-refractivity contribution in [2.24, 2.45) is 4.99 Å². The summed E-state index contributed by atoms with van der Waals surface area (Å²) < 4.78 is 23.8. The summed E-state index contributed by atoms with van der Waals surface area (Å²) in [6.07, 6.45) is 3.02. The SMILES string of the molecule is CC(C)S(=O)(=O)c1ccc(CCCN=C=O)cc1. The van der Waals surface area contributed by atoms with Crippen molar-refractivity contribution in [2.45, 2.75) is 36.8 Å². The second kappa shape index (κ2) is 6.47. The van der Waals surface area contributed by atoms with Gasteiger partial charge >= 0.3 is 0 Å². The van der Waals surface area contributed by atoms with Gasteiger partial charge in [-0.2, -0.15) is 0 Å². The molecule has 4 nitrogen and oxygen atoms in total.